The minimum atomic E-state index is 0.125. The van der Waals surface area contributed by atoms with Crippen LogP contribution in [0, 0.1) is 5.92 Å². The Morgan fingerprint density at radius 1 is 1.29 bits per heavy atom. The Morgan fingerprint density at radius 3 is 2.88 bits per heavy atom. The van der Waals surface area contributed by atoms with Crippen LogP contribution in [0.15, 0.2) is 0 Å². The molecule has 0 spiro atoms. The Bertz CT molecular complexity index is 252. The number of hydrogen-bond acceptors (Lipinski definition) is 2. The molecule has 3 nitrogen and oxygen atoms in total. The van der Waals surface area contributed by atoms with Gasteiger partial charge in [0, 0.05) is 24.5 Å². The Balaban J connectivity index is 1.94. The molecular weight excluding hydrogens is 282 g/mol. The monoisotopic (exact) mass is 303 g/mol. The van der Waals surface area contributed by atoms with Crippen LogP contribution >= 0.6 is 15.9 Å². The van der Waals surface area contributed by atoms with Crippen LogP contribution in [0.1, 0.15) is 38.5 Å². The second-order valence-corrected chi connectivity index (χ2v) is 5.87. The predicted molar refractivity (Wildman–Crippen MR) is 71.3 cm³/mol. The van der Waals surface area contributed by atoms with Crippen molar-refractivity contribution in [2.24, 2.45) is 5.92 Å². The molecule has 0 radical (unpaired) electrons. The Kier molecular flexibility index (Phi) is 5.29. The summed E-state index contributed by atoms with van der Waals surface area (Å²) in [5, 5.41) is 0.989. The van der Waals surface area contributed by atoms with Gasteiger partial charge in [-0.1, -0.05) is 15.9 Å². The Labute approximate surface area is 112 Å². The molecule has 17 heavy (non-hydrogen) atoms. The number of rotatable bonds is 3. The van der Waals surface area contributed by atoms with Crippen LogP contribution in [0.25, 0.3) is 0 Å². The maximum absolute atomic E-state index is 12.5. The molecule has 0 N–H and O–H groups in total. The topological polar surface area (TPSA) is 29.5 Å². The van der Waals surface area contributed by atoms with Gasteiger partial charge < -0.3 is 9.64 Å². The second-order valence-electron chi connectivity index (χ2n) is 5.07. The lowest BCUT2D eigenvalue weighted by molar-refractivity contribution is -0.143. The highest BCUT2D eigenvalue weighted by Gasteiger charge is 2.31. The van der Waals surface area contributed by atoms with E-state index in [0.29, 0.717) is 18.6 Å². The number of likely N-dealkylation sites (tertiary alicyclic amines) is 1. The summed E-state index contributed by atoms with van der Waals surface area (Å²) in [5.41, 5.74) is 0. The molecule has 0 aromatic carbocycles. The number of ether oxygens (including phenoxy) is 1. The number of nitrogens with zero attached hydrogens (tertiary/aromatic N) is 1. The average Bonchev–Trinajstić information content (AvgIpc) is 2.40. The number of hydrogen-bond donors (Lipinski definition) is 0. The molecule has 0 aromatic rings. The number of halogens is 1. The first-order chi connectivity index (χ1) is 8.33. The smallest absolute Gasteiger partial charge is 0.228 e. The summed E-state index contributed by atoms with van der Waals surface area (Å²) in [4.78, 5) is 14.6. The van der Waals surface area contributed by atoms with E-state index in [-0.39, 0.29) is 5.92 Å². The number of carbonyl (C=O) groups excluding carboxylic acids is 1. The average molecular weight is 304 g/mol. The van der Waals surface area contributed by atoms with Crippen LogP contribution in [0.5, 0.6) is 0 Å². The van der Waals surface area contributed by atoms with Gasteiger partial charge in [-0.05, 0) is 38.5 Å². The van der Waals surface area contributed by atoms with Crippen LogP contribution in [0.2, 0.25) is 0 Å². The van der Waals surface area contributed by atoms with E-state index in [1.807, 2.05) is 0 Å². The fraction of sp³-hybridized carbons (Fsp3) is 0.923. The standard InChI is InChI=1S/C13H22BrNO2/c14-7-6-12-5-1-2-8-15(12)13(16)11-4-3-9-17-10-11/h11-12H,1-10H2. The lowest BCUT2D eigenvalue weighted by atomic mass is 9.95. The van der Waals surface area contributed by atoms with E-state index in [4.69, 9.17) is 4.74 Å². The van der Waals surface area contributed by atoms with Crippen LogP contribution < -0.4 is 0 Å². The van der Waals surface area contributed by atoms with Gasteiger partial charge in [0.1, 0.15) is 0 Å². The van der Waals surface area contributed by atoms with Gasteiger partial charge in [0.2, 0.25) is 5.91 Å². The van der Waals surface area contributed by atoms with Gasteiger partial charge in [-0.3, -0.25) is 4.79 Å². The minimum absolute atomic E-state index is 0.125. The molecule has 1 amide bonds. The highest BCUT2D eigenvalue weighted by molar-refractivity contribution is 9.09. The maximum Gasteiger partial charge on any atom is 0.228 e. The van der Waals surface area contributed by atoms with Gasteiger partial charge in [0.05, 0.1) is 12.5 Å². The van der Waals surface area contributed by atoms with Gasteiger partial charge in [0.15, 0.2) is 0 Å². The van der Waals surface area contributed by atoms with Gasteiger partial charge >= 0.3 is 0 Å². The SMILES string of the molecule is O=C(C1CCCOC1)N1CCCCC1CCBr. The Hall–Kier alpha value is -0.0900. The van der Waals surface area contributed by atoms with Crippen molar-refractivity contribution >= 4 is 21.8 Å². The van der Waals surface area contributed by atoms with Crippen LogP contribution in [0.4, 0.5) is 0 Å². The molecule has 98 valence electrons. The first-order valence-electron chi connectivity index (χ1n) is 6.77. The van der Waals surface area contributed by atoms with E-state index in [0.717, 1.165) is 44.2 Å². The first kappa shape index (κ1) is 13.3. The zero-order valence-electron chi connectivity index (χ0n) is 10.4. The van der Waals surface area contributed by atoms with Crippen molar-refractivity contribution in [2.75, 3.05) is 25.1 Å². The molecule has 0 aliphatic carbocycles. The van der Waals surface area contributed by atoms with Crippen molar-refractivity contribution in [1.29, 1.82) is 0 Å². The summed E-state index contributed by atoms with van der Waals surface area (Å²) in [6, 6.07) is 0.456. The van der Waals surface area contributed by atoms with Crippen LogP contribution in [-0.2, 0) is 9.53 Å². The van der Waals surface area contributed by atoms with Crippen molar-refractivity contribution < 1.29 is 9.53 Å². The van der Waals surface area contributed by atoms with E-state index >= 15 is 0 Å². The van der Waals surface area contributed by atoms with E-state index in [9.17, 15) is 4.79 Å². The first-order valence-corrected chi connectivity index (χ1v) is 7.89. The third-order valence-corrected chi connectivity index (χ3v) is 4.32. The summed E-state index contributed by atoms with van der Waals surface area (Å²) in [7, 11) is 0. The zero-order valence-corrected chi connectivity index (χ0v) is 12.0. The summed E-state index contributed by atoms with van der Waals surface area (Å²) < 4.78 is 5.43. The van der Waals surface area contributed by atoms with E-state index in [1.165, 1.54) is 12.8 Å². The van der Waals surface area contributed by atoms with Crippen LogP contribution in [0.3, 0.4) is 0 Å². The van der Waals surface area contributed by atoms with E-state index < -0.39 is 0 Å². The molecule has 0 bridgehead atoms. The fourth-order valence-electron chi connectivity index (χ4n) is 2.89. The molecule has 2 unspecified atom stereocenters. The normalized spacial score (nSPS) is 30.3. The molecule has 2 heterocycles. The molecule has 2 rings (SSSR count). The summed E-state index contributed by atoms with van der Waals surface area (Å²) >= 11 is 3.49. The predicted octanol–water partition coefficient (Wildman–Crippen LogP) is 2.58. The largest absolute Gasteiger partial charge is 0.381 e. The van der Waals surface area contributed by atoms with Gasteiger partial charge in [-0.2, -0.15) is 0 Å². The molecule has 2 aliphatic rings. The lowest BCUT2D eigenvalue weighted by Gasteiger charge is -2.38. The van der Waals surface area contributed by atoms with E-state index in [2.05, 4.69) is 20.8 Å². The highest BCUT2D eigenvalue weighted by Crippen LogP contribution is 2.25. The van der Waals surface area contributed by atoms with Crippen molar-refractivity contribution in [1.82, 2.24) is 4.90 Å². The van der Waals surface area contributed by atoms with Crippen molar-refractivity contribution in [3.05, 3.63) is 0 Å². The molecule has 0 aromatic heterocycles. The zero-order chi connectivity index (χ0) is 12.1. The minimum Gasteiger partial charge on any atom is -0.381 e. The number of alkyl halides is 1. The second kappa shape index (κ2) is 6.74. The van der Waals surface area contributed by atoms with Gasteiger partial charge in [-0.25, -0.2) is 0 Å². The number of amides is 1. The molecule has 0 saturated carbocycles. The summed E-state index contributed by atoms with van der Waals surface area (Å²) in [6.45, 7) is 2.41. The molecule has 2 atom stereocenters. The number of piperidine rings is 1. The van der Waals surface area contributed by atoms with Gasteiger partial charge in [-0.15, -0.1) is 0 Å². The highest BCUT2D eigenvalue weighted by atomic mass is 79.9. The van der Waals surface area contributed by atoms with Crippen LogP contribution in [-0.4, -0.2) is 41.9 Å². The van der Waals surface area contributed by atoms with Gasteiger partial charge in [0.25, 0.3) is 0 Å². The molecular formula is C13H22BrNO2. The van der Waals surface area contributed by atoms with E-state index in [1.54, 1.807) is 0 Å². The Morgan fingerprint density at radius 2 is 2.18 bits per heavy atom. The molecule has 4 heteroatoms. The van der Waals surface area contributed by atoms with Crippen molar-refractivity contribution in [3.63, 3.8) is 0 Å². The molecule has 2 fully saturated rings. The third-order valence-electron chi connectivity index (χ3n) is 3.86. The lowest BCUT2D eigenvalue weighted by Crippen LogP contribution is -2.48. The third kappa shape index (κ3) is 3.44. The maximum atomic E-state index is 12.5. The number of carbonyl (C=O) groups is 1. The van der Waals surface area contributed by atoms with Crippen molar-refractivity contribution in [2.45, 2.75) is 44.6 Å². The molecule has 2 saturated heterocycles. The summed E-state index contributed by atoms with van der Waals surface area (Å²) in [6.07, 6.45) is 6.73. The summed E-state index contributed by atoms with van der Waals surface area (Å²) in [5.74, 6) is 0.468. The fourth-order valence-corrected chi connectivity index (χ4v) is 3.42. The quantitative estimate of drug-likeness (QED) is 0.750. The van der Waals surface area contributed by atoms with Crippen molar-refractivity contribution in [3.8, 4) is 0 Å². The molecule has 2 aliphatic heterocycles.